The molecule has 3 aromatic heterocycles. The SMILES string of the molecule is C#COC1N=C(N)Nc2c1ncn2[C@@H]1O[C@@H]2COP(=O)(O)O[C@H]3[C@H](n4cnc5c(N)ncnc54)O[C@H](COP(=O)(O)O[C@H]2[C@H]1O)[C@@]31CC1(F)F. The molecule has 8 rings (SSSR count). The van der Waals surface area contributed by atoms with Crippen LogP contribution in [-0.4, -0.2) is 99.6 Å². The first-order chi connectivity index (χ1) is 23.6. The Morgan fingerprint density at radius 2 is 1.76 bits per heavy atom. The van der Waals surface area contributed by atoms with Crippen molar-refractivity contribution in [2.45, 2.75) is 61.5 Å². The number of aliphatic hydroxyl groups excluding tert-OH is 1. The maximum Gasteiger partial charge on any atom is 0.472 e. The molecule has 3 unspecified atom stereocenters. The first-order valence-electron chi connectivity index (χ1n) is 14.5. The van der Waals surface area contributed by atoms with Crippen LogP contribution in [0, 0.1) is 17.9 Å². The van der Waals surface area contributed by atoms with Crippen LogP contribution in [0.5, 0.6) is 0 Å². The molecule has 3 aromatic rings. The summed E-state index contributed by atoms with van der Waals surface area (Å²) < 4.78 is 97.9. The Balaban J connectivity index is 1.13. The van der Waals surface area contributed by atoms with E-state index in [0.717, 1.165) is 17.2 Å². The zero-order valence-electron chi connectivity index (χ0n) is 25.0. The Hall–Kier alpha value is -3.85. The van der Waals surface area contributed by atoms with Gasteiger partial charge in [0.1, 0.15) is 53.9 Å². The number of nitrogens with one attached hydrogen (secondary N) is 1. The standard InChI is InChI=1S/C24H26F2N10O12P2/c1-2-42-19-12-18(33-22(28)34-19)36(8-32-12)20-13(37)14-9(45-20)3-43-50(40,41)48-15-21(35-7-31-11-16(27)29-6-30-17(11)35)46-10(4-44-49(38,39)47-14)23(15)5-24(23,25)26/h1,6-10,13-15,19-21,37H,3-5H2,(H,38,39)(H,40,41)(H2,27,29,30)(H3,28,33,34)/t9-,10-,13-,14-,15+,19?,20-,21-,23+/m1/s1. The van der Waals surface area contributed by atoms with E-state index in [1.165, 1.54) is 10.9 Å². The topological polar surface area (TPSA) is 297 Å². The van der Waals surface area contributed by atoms with Crippen molar-refractivity contribution in [3.8, 4) is 12.5 Å². The minimum atomic E-state index is -5.32. The fraction of sp³-hybridized carbons (Fsp3) is 0.542. The fourth-order valence-corrected chi connectivity index (χ4v) is 8.58. The van der Waals surface area contributed by atoms with Gasteiger partial charge in [0.05, 0.1) is 37.4 Å². The first-order valence-corrected chi connectivity index (χ1v) is 17.5. The predicted octanol–water partition coefficient (Wildman–Crippen LogP) is -0.150. The molecule has 50 heavy (non-hydrogen) atoms. The van der Waals surface area contributed by atoms with Gasteiger partial charge in [0.15, 0.2) is 29.9 Å². The van der Waals surface area contributed by atoms with E-state index >= 15 is 8.78 Å². The smallest absolute Gasteiger partial charge is 0.412 e. The Bertz CT molecular complexity index is 2040. The average Bonchev–Trinajstić information content (AvgIpc) is 3.54. The number of hydrogen-bond donors (Lipinski definition) is 6. The molecule has 4 aliphatic heterocycles. The molecular formula is C24H26F2N10O12P2. The van der Waals surface area contributed by atoms with Crippen molar-refractivity contribution in [3.05, 3.63) is 24.7 Å². The number of rotatable bonds is 3. The van der Waals surface area contributed by atoms with Crippen LogP contribution in [0.1, 0.15) is 30.8 Å². The molecule has 26 heteroatoms. The van der Waals surface area contributed by atoms with Crippen molar-refractivity contribution in [3.63, 3.8) is 0 Å². The van der Waals surface area contributed by atoms with E-state index in [9.17, 15) is 24.0 Å². The minimum absolute atomic E-state index is 0.00589. The highest BCUT2D eigenvalue weighted by Gasteiger charge is 2.84. The van der Waals surface area contributed by atoms with Gasteiger partial charge in [-0.1, -0.05) is 6.42 Å². The summed E-state index contributed by atoms with van der Waals surface area (Å²) in [5.41, 5.74) is 9.57. The van der Waals surface area contributed by atoms with Gasteiger partial charge < -0.3 is 45.9 Å². The number of nitrogen functional groups attached to an aromatic ring is 1. The lowest BCUT2D eigenvalue weighted by atomic mass is 9.94. The van der Waals surface area contributed by atoms with Gasteiger partial charge in [-0.05, 0) is 0 Å². The number of guanidine groups is 1. The van der Waals surface area contributed by atoms with E-state index < -0.39 is 95.8 Å². The lowest BCUT2D eigenvalue weighted by molar-refractivity contribution is -0.0675. The quantitative estimate of drug-likeness (QED) is 0.150. The fourth-order valence-electron chi connectivity index (χ4n) is 6.65. The van der Waals surface area contributed by atoms with Crippen LogP contribution in [0.2, 0.25) is 0 Å². The average molecular weight is 746 g/mol. The molecule has 7 heterocycles. The number of aliphatic hydroxyl groups is 1. The van der Waals surface area contributed by atoms with E-state index in [1.54, 1.807) is 0 Å². The number of hydrogen-bond acceptors (Lipinski definition) is 18. The summed E-state index contributed by atoms with van der Waals surface area (Å²) in [5.74, 6) is -3.66. The second-order valence-corrected chi connectivity index (χ2v) is 14.6. The molecule has 1 spiro atoms. The largest absolute Gasteiger partial charge is 0.472 e. The molecule has 8 N–H and O–H groups in total. The lowest BCUT2D eigenvalue weighted by Crippen LogP contribution is -2.37. The highest BCUT2D eigenvalue weighted by molar-refractivity contribution is 7.47. The molecule has 2 bridgehead atoms. The van der Waals surface area contributed by atoms with Gasteiger partial charge in [0.2, 0.25) is 6.23 Å². The molecule has 5 aliphatic rings. The summed E-state index contributed by atoms with van der Waals surface area (Å²) in [7, 11) is -10.6. The normalized spacial score (nSPS) is 40.8. The van der Waals surface area contributed by atoms with E-state index in [-0.39, 0.29) is 34.5 Å². The molecule has 4 fully saturated rings. The summed E-state index contributed by atoms with van der Waals surface area (Å²) >= 11 is 0. The van der Waals surface area contributed by atoms with Crippen LogP contribution in [0.15, 0.2) is 24.0 Å². The van der Waals surface area contributed by atoms with Crippen molar-refractivity contribution in [1.29, 1.82) is 0 Å². The van der Waals surface area contributed by atoms with E-state index in [0.29, 0.717) is 0 Å². The molecular weight excluding hydrogens is 720 g/mol. The summed E-state index contributed by atoms with van der Waals surface area (Å²) in [6, 6.07) is 0. The Morgan fingerprint density at radius 3 is 2.50 bits per heavy atom. The van der Waals surface area contributed by atoms with Gasteiger partial charge in [-0.25, -0.2) is 42.8 Å². The van der Waals surface area contributed by atoms with Crippen LogP contribution in [0.3, 0.4) is 0 Å². The van der Waals surface area contributed by atoms with Gasteiger partial charge in [-0.3, -0.25) is 27.2 Å². The van der Waals surface area contributed by atoms with Gasteiger partial charge in [0.25, 0.3) is 5.92 Å². The monoisotopic (exact) mass is 746 g/mol. The van der Waals surface area contributed by atoms with E-state index in [1.807, 2.05) is 6.11 Å². The Labute approximate surface area is 277 Å². The van der Waals surface area contributed by atoms with Crippen LogP contribution in [0.4, 0.5) is 20.4 Å². The maximum absolute atomic E-state index is 15.3. The third-order valence-corrected chi connectivity index (χ3v) is 10.9. The number of imidazole rings is 2. The second kappa shape index (κ2) is 11.3. The predicted molar refractivity (Wildman–Crippen MR) is 157 cm³/mol. The van der Waals surface area contributed by atoms with Gasteiger partial charge in [-0.15, -0.1) is 0 Å². The molecule has 3 saturated heterocycles. The van der Waals surface area contributed by atoms with Crippen molar-refractivity contribution >= 4 is 44.4 Å². The van der Waals surface area contributed by atoms with Gasteiger partial charge in [-0.2, -0.15) is 0 Å². The summed E-state index contributed by atoms with van der Waals surface area (Å²) in [6.07, 6.45) is -3.40. The van der Waals surface area contributed by atoms with Crippen molar-refractivity contribution < 1.29 is 65.1 Å². The number of fused-ring (bicyclic) bond motifs is 3. The Kier molecular flexibility index (Phi) is 7.54. The van der Waals surface area contributed by atoms with E-state index in [4.69, 9.17) is 50.2 Å². The molecule has 0 aromatic carbocycles. The van der Waals surface area contributed by atoms with E-state index in [2.05, 4.69) is 30.2 Å². The highest BCUT2D eigenvalue weighted by atomic mass is 31.2. The van der Waals surface area contributed by atoms with Crippen molar-refractivity contribution in [2.24, 2.45) is 16.1 Å². The summed E-state index contributed by atoms with van der Waals surface area (Å²) in [6.45, 7) is -1.93. The second-order valence-electron chi connectivity index (χ2n) is 11.8. The molecule has 1 aliphatic carbocycles. The molecule has 11 atom stereocenters. The number of terminal acetylenes is 1. The zero-order chi connectivity index (χ0) is 35.4. The molecule has 1 saturated carbocycles. The van der Waals surface area contributed by atoms with Crippen LogP contribution in [-0.2, 0) is 41.4 Å². The number of alkyl halides is 2. The van der Waals surface area contributed by atoms with Crippen LogP contribution >= 0.6 is 15.6 Å². The lowest BCUT2D eigenvalue weighted by Gasteiger charge is -2.27. The van der Waals surface area contributed by atoms with Gasteiger partial charge >= 0.3 is 15.6 Å². The maximum atomic E-state index is 15.3. The van der Waals surface area contributed by atoms with Gasteiger partial charge in [0, 0.05) is 6.42 Å². The summed E-state index contributed by atoms with van der Waals surface area (Å²) in [5, 5.41) is 14.0. The number of phosphoric acid groups is 2. The zero-order valence-corrected chi connectivity index (χ0v) is 26.8. The first kappa shape index (κ1) is 33.3. The third kappa shape index (κ3) is 5.17. The molecule has 0 radical (unpaired) electrons. The molecule has 22 nitrogen and oxygen atoms in total. The van der Waals surface area contributed by atoms with Crippen molar-refractivity contribution in [1.82, 2.24) is 29.1 Å². The summed E-state index contributed by atoms with van der Waals surface area (Å²) in [4.78, 5) is 41.9. The number of nitrogens with zero attached hydrogens (tertiary/aromatic N) is 7. The van der Waals surface area contributed by atoms with Crippen molar-refractivity contribution in [2.75, 3.05) is 24.3 Å². The van der Waals surface area contributed by atoms with Crippen LogP contribution in [0.25, 0.3) is 11.2 Å². The number of phosphoric ester groups is 2. The molecule has 0 amide bonds. The third-order valence-electron chi connectivity index (χ3n) is 8.99. The van der Waals surface area contributed by atoms with Crippen LogP contribution < -0.4 is 16.8 Å². The number of nitrogens with two attached hydrogens (primary N) is 2. The number of anilines is 2. The number of ether oxygens (including phenoxy) is 3. The number of aliphatic imine (C=N–C) groups is 1. The highest BCUT2D eigenvalue weighted by Crippen LogP contribution is 2.73. The Morgan fingerprint density at radius 1 is 1.04 bits per heavy atom. The minimum Gasteiger partial charge on any atom is -0.412 e. The molecule has 268 valence electrons. The number of halogens is 2. The number of aromatic nitrogens is 6.